The predicted molar refractivity (Wildman–Crippen MR) is 183 cm³/mol. The molecule has 58 heavy (non-hydrogen) atoms. The summed E-state index contributed by atoms with van der Waals surface area (Å²) >= 11 is 0. The van der Waals surface area contributed by atoms with Crippen LogP contribution in [-0.2, 0) is 33.0 Å². The van der Waals surface area contributed by atoms with Gasteiger partial charge < -0.3 is 122 Å². The first-order valence-electron chi connectivity index (χ1n) is 15.1. The largest absolute Gasteiger partial charge is 2.00 e. The van der Waals surface area contributed by atoms with Crippen molar-refractivity contribution in [3.63, 3.8) is 0 Å². The minimum atomic E-state index is -5.39. The van der Waals surface area contributed by atoms with E-state index in [2.05, 4.69) is 4.74 Å². The molecule has 0 aromatic heterocycles. The van der Waals surface area contributed by atoms with Crippen molar-refractivity contribution < 1.29 is 127 Å². The Hall–Kier alpha value is -0.581. The number of esters is 1. The van der Waals surface area contributed by atoms with Gasteiger partial charge in [0.25, 0.3) is 0 Å². The van der Waals surface area contributed by atoms with Gasteiger partial charge >= 0.3 is 75.1 Å². The average Bonchev–Trinajstić information content (AvgIpc) is 3.09. The number of likely N-dealkylation sites (N-methyl/N-ethyl adjacent to an activating group) is 3. The topological polar surface area (TPSA) is 461 Å². The molecule has 0 saturated carbocycles. The summed E-state index contributed by atoms with van der Waals surface area (Å²) < 4.78 is 23.1. The van der Waals surface area contributed by atoms with E-state index in [1.54, 1.807) is 0 Å². The van der Waals surface area contributed by atoms with Gasteiger partial charge in [0.15, 0.2) is 11.9 Å². The van der Waals surface area contributed by atoms with Crippen LogP contribution in [0, 0.1) is 0 Å². The van der Waals surface area contributed by atoms with E-state index in [1.165, 1.54) is 0 Å². The summed E-state index contributed by atoms with van der Waals surface area (Å²) in [6, 6.07) is 0. The van der Waals surface area contributed by atoms with Crippen molar-refractivity contribution >= 4 is 109 Å². The van der Waals surface area contributed by atoms with Crippen molar-refractivity contribution in [2.45, 2.75) is 49.8 Å². The number of ether oxygens (including phenoxy) is 1. The van der Waals surface area contributed by atoms with Gasteiger partial charge in [-0.3, -0.25) is 0 Å². The van der Waals surface area contributed by atoms with Crippen LogP contribution in [0.4, 0.5) is 0 Å². The van der Waals surface area contributed by atoms with Gasteiger partial charge in [-0.05, 0) is 0 Å². The molecular weight excluding hydrogens is 869 g/mol. The van der Waals surface area contributed by atoms with Crippen LogP contribution < -0.4 is 44.7 Å². The number of phosphoric acid groups is 2. The van der Waals surface area contributed by atoms with Crippen LogP contribution in [0.2, 0.25) is 0 Å². The number of carboxylic acid groups (broad SMARTS) is 3. The first-order chi connectivity index (χ1) is 24.0. The predicted octanol–water partition coefficient (Wildman–Crippen LogP) is -13.6. The van der Waals surface area contributed by atoms with E-state index in [9.17, 15) is 34.5 Å². The molecule has 0 aliphatic carbocycles. The van der Waals surface area contributed by atoms with Gasteiger partial charge in [-0.15, -0.1) is 0 Å². The van der Waals surface area contributed by atoms with Crippen LogP contribution in [0.3, 0.4) is 0 Å². The molecule has 31 heteroatoms. The fourth-order valence-corrected chi connectivity index (χ4v) is 3.49. The maximum atomic E-state index is 10.5. The number of carboxylic acids is 3. The molecule has 0 amide bonds. The fraction of sp³-hybridized carbons (Fsp3) is 0.778. The second-order valence-corrected chi connectivity index (χ2v) is 16.1. The molecule has 1 heterocycles. The average molecular weight is 923 g/mol. The standard InChI is InChI=1S/3C7H15NO3.C6H8O6.3Mg.2H3O4P/c3*1-8(2,3)5-6(9)4-7(10)11;7-1-2(8)5-3(9)4(10)6(11)12-5;;;;2*1-5(2,3)4/h3*6,9H,4-5H2,1-3H3;2,5,7-10H,1H2;;;;2*(H3,1,2,3,4)/q;;;;3*+2;;/p-6/t;;;2-,5+;;;;;/m...0...../s1. The number of aliphatic hydroxyl groups is 7. The van der Waals surface area contributed by atoms with Crippen LogP contribution >= 0.6 is 15.6 Å². The van der Waals surface area contributed by atoms with E-state index in [4.69, 9.17) is 74.2 Å². The number of aliphatic carboxylic acids is 3. The molecular formula is C27H53Mg3N3O23P2. The van der Waals surface area contributed by atoms with Crippen molar-refractivity contribution in [3.8, 4) is 0 Å². The molecule has 0 radical (unpaired) electrons. The number of nitrogens with zero attached hydrogens (tertiary/aromatic N) is 3. The van der Waals surface area contributed by atoms with Gasteiger partial charge in [0.05, 0.1) is 70.0 Å². The molecule has 5 atom stereocenters. The van der Waals surface area contributed by atoms with E-state index in [-0.39, 0.29) is 88.4 Å². The Morgan fingerprint density at radius 2 is 0.810 bits per heavy atom. The number of carbonyl (C=O) groups excluding carboxylic acids is 4. The molecule has 0 fully saturated rings. The van der Waals surface area contributed by atoms with Gasteiger partial charge in [-0.2, -0.15) is 15.6 Å². The zero-order valence-electron chi connectivity index (χ0n) is 33.9. The zero-order chi connectivity index (χ0) is 45.5. The molecule has 330 valence electrons. The Morgan fingerprint density at radius 1 is 0.603 bits per heavy atom. The molecule has 0 spiro atoms. The van der Waals surface area contributed by atoms with Gasteiger partial charge in [0, 0.05) is 37.2 Å². The summed E-state index contributed by atoms with van der Waals surface area (Å²) in [4.78, 5) is 91.9. The second-order valence-electron chi connectivity index (χ2n) is 14.3. The van der Waals surface area contributed by atoms with E-state index in [1.807, 2.05) is 63.4 Å². The normalized spacial score (nSPS) is 15.7. The minimum Gasteiger partial charge on any atom is -0.822 e. The number of hydrogen-bond acceptors (Lipinski definition) is 23. The van der Waals surface area contributed by atoms with E-state index in [0.717, 1.165) is 0 Å². The van der Waals surface area contributed by atoms with Gasteiger partial charge in [-0.25, -0.2) is 4.79 Å². The molecule has 26 nitrogen and oxygen atoms in total. The number of hydrogen-bond donors (Lipinski definition) is 7. The van der Waals surface area contributed by atoms with Crippen molar-refractivity contribution in [2.24, 2.45) is 0 Å². The maximum Gasteiger partial charge on any atom is 2.00 e. The summed E-state index contributed by atoms with van der Waals surface area (Å²) in [5.74, 6) is -6.39. The van der Waals surface area contributed by atoms with Crippen molar-refractivity contribution in [3.05, 3.63) is 11.5 Å². The van der Waals surface area contributed by atoms with Gasteiger partial charge in [0.2, 0.25) is 5.76 Å². The number of cyclic esters (lactones) is 1. The third kappa shape index (κ3) is 70.0. The molecule has 0 bridgehead atoms. The number of carbonyl (C=O) groups is 4. The number of aliphatic hydroxyl groups excluding tert-OH is 7. The molecule has 1 aliphatic heterocycles. The maximum absolute atomic E-state index is 10.5. The number of rotatable bonds is 14. The van der Waals surface area contributed by atoms with Crippen LogP contribution in [0.1, 0.15) is 19.3 Å². The summed E-state index contributed by atoms with van der Waals surface area (Å²) in [6.07, 6.45) is -6.04. The Bertz CT molecular complexity index is 1170. The Balaban J connectivity index is -0.0000000875. The SMILES string of the molecule is C[N+](C)(C)CC(O)CC(=O)[O-].C[N+](C)(C)CC(O)CC(=O)[O-].C[N+](C)(C)CC(O)CC(=O)[O-].O=C1O[C@H]([C@@H](O)CO)C(O)=C1O.O=P([O-])([O-])[O-].O=P([O-])([O-])[O-].[Mg+2].[Mg+2].[Mg+2]. The summed E-state index contributed by atoms with van der Waals surface area (Å²) in [5, 5.41) is 92.5. The Kier molecular flexibility index (Phi) is 45.1. The smallest absolute Gasteiger partial charge is 0.822 e. The molecule has 1 aliphatic rings. The molecule has 0 saturated heterocycles. The third-order valence-electron chi connectivity index (χ3n) is 4.96. The number of quaternary nitrogens is 3. The van der Waals surface area contributed by atoms with Crippen molar-refractivity contribution in [1.29, 1.82) is 0 Å². The van der Waals surface area contributed by atoms with E-state index >= 15 is 0 Å². The molecule has 1 rings (SSSR count). The first kappa shape index (κ1) is 74.8. The monoisotopic (exact) mass is 921 g/mol. The molecule has 0 aromatic rings. The Morgan fingerprint density at radius 3 is 0.931 bits per heavy atom. The van der Waals surface area contributed by atoms with Crippen LogP contribution in [0.15, 0.2) is 11.5 Å². The van der Waals surface area contributed by atoms with E-state index in [0.29, 0.717) is 33.1 Å². The summed E-state index contributed by atoms with van der Waals surface area (Å²) in [5.41, 5.74) is 0. The summed E-state index contributed by atoms with van der Waals surface area (Å²) in [7, 11) is 6.21. The zero-order valence-corrected chi connectivity index (χ0v) is 39.9. The quantitative estimate of drug-likeness (QED) is 0.0368. The first-order valence-corrected chi connectivity index (χ1v) is 18.1. The van der Waals surface area contributed by atoms with Crippen molar-refractivity contribution in [1.82, 2.24) is 0 Å². The molecule has 3 unspecified atom stereocenters. The molecule has 7 N–H and O–H groups in total. The van der Waals surface area contributed by atoms with Crippen LogP contribution in [0.5, 0.6) is 0 Å². The van der Waals surface area contributed by atoms with Crippen LogP contribution in [0.25, 0.3) is 0 Å². The van der Waals surface area contributed by atoms with Gasteiger partial charge in [-0.1, -0.05) is 0 Å². The molecule has 0 aromatic carbocycles. The van der Waals surface area contributed by atoms with Gasteiger partial charge in [0.1, 0.15) is 44.1 Å². The fourth-order valence-electron chi connectivity index (χ4n) is 3.49. The Labute approximate surface area is 384 Å². The van der Waals surface area contributed by atoms with Crippen LogP contribution in [-0.4, -0.2) is 262 Å². The second kappa shape index (κ2) is 34.9. The minimum absolute atomic E-state index is 0. The van der Waals surface area contributed by atoms with E-state index < -0.39 is 88.2 Å². The third-order valence-corrected chi connectivity index (χ3v) is 4.96. The summed E-state index contributed by atoms with van der Waals surface area (Å²) in [6.45, 7) is 0.602. The van der Waals surface area contributed by atoms with Crippen molar-refractivity contribution in [2.75, 3.05) is 89.7 Å².